The lowest BCUT2D eigenvalue weighted by atomic mass is 10.0. The topological polar surface area (TPSA) is 63.7 Å². The van der Waals surface area contributed by atoms with Gasteiger partial charge in [-0.1, -0.05) is 0 Å². The molecule has 1 aliphatic heterocycles. The Morgan fingerprint density at radius 1 is 1.35 bits per heavy atom. The molecule has 116 valence electrons. The Hall–Kier alpha value is -2.45. The summed E-state index contributed by atoms with van der Waals surface area (Å²) in [6.07, 6.45) is 4.05. The summed E-state index contributed by atoms with van der Waals surface area (Å²) in [6, 6.07) is 8.24. The number of rotatable bonds is 1. The Labute approximate surface area is 134 Å². The van der Waals surface area contributed by atoms with E-state index < -0.39 is 0 Å². The van der Waals surface area contributed by atoms with Crippen molar-refractivity contribution in [3.63, 3.8) is 0 Å². The van der Waals surface area contributed by atoms with Gasteiger partial charge in [-0.15, -0.1) is 0 Å². The number of pyridine rings is 1. The van der Waals surface area contributed by atoms with Crippen LogP contribution in [0.25, 0.3) is 21.9 Å². The van der Waals surface area contributed by atoms with Gasteiger partial charge < -0.3 is 9.30 Å². The molecule has 0 spiro atoms. The van der Waals surface area contributed by atoms with Gasteiger partial charge in [-0.3, -0.25) is 4.98 Å². The van der Waals surface area contributed by atoms with Gasteiger partial charge in [-0.25, -0.2) is 4.98 Å². The first-order valence-electron chi connectivity index (χ1n) is 7.96. The van der Waals surface area contributed by atoms with E-state index in [1.54, 1.807) is 0 Å². The monoisotopic (exact) mass is 306 g/mol. The molecule has 2 aromatic heterocycles. The summed E-state index contributed by atoms with van der Waals surface area (Å²) >= 11 is 0. The van der Waals surface area contributed by atoms with E-state index in [0.717, 1.165) is 47.2 Å². The molecule has 0 bridgehead atoms. The van der Waals surface area contributed by atoms with Crippen LogP contribution in [0.1, 0.15) is 37.2 Å². The fourth-order valence-corrected chi connectivity index (χ4v) is 3.62. The quantitative estimate of drug-likeness (QED) is 0.690. The Balaban J connectivity index is 2.01. The Morgan fingerprint density at radius 3 is 3.00 bits per heavy atom. The van der Waals surface area contributed by atoms with Crippen molar-refractivity contribution in [2.45, 2.75) is 38.8 Å². The SMILES string of the molecule is Cc1nc2cnc3ccc(C#N)cc3c2n1C1CCOC(C)C1. The highest BCUT2D eigenvalue weighted by atomic mass is 16.5. The summed E-state index contributed by atoms with van der Waals surface area (Å²) in [7, 11) is 0. The fraction of sp³-hybridized carbons (Fsp3) is 0.389. The van der Waals surface area contributed by atoms with Crippen LogP contribution in [0.5, 0.6) is 0 Å². The summed E-state index contributed by atoms with van der Waals surface area (Å²) in [6.45, 7) is 4.94. The lowest BCUT2D eigenvalue weighted by Crippen LogP contribution is -2.26. The molecule has 1 aliphatic rings. The van der Waals surface area contributed by atoms with Crippen LogP contribution in [0.2, 0.25) is 0 Å². The molecule has 0 radical (unpaired) electrons. The molecule has 5 nitrogen and oxygen atoms in total. The highest BCUT2D eigenvalue weighted by Crippen LogP contribution is 2.33. The lowest BCUT2D eigenvalue weighted by molar-refractivity contribution is 0.00640. The summed E-state index contributed by atoms with van der Waals surface area (Å²) in [5, 5.41) is 10.2. The van der Waals surface area contributed by atoms with Crippen LogP contribution in [0.4, 0.5) is 0 Å². The Bertz CT molecular complexity index is 937. The van der Waals surface area contributed by atoms with Crippen molar-refractivity contribution in [1.82, 2.24) is 14.5 Å². The molecule has 2 atom stereocenters. The average Bonchev–Trinajstić information content (AvgIpc) is 2.90. The first-order chi connectivity index (χ1) is 11.2. The van der Waals surface area contributed by atoms with Crippen molar-refractivity contribution in [2.75, 3.05) is 6.61 Å². The van der Waals surface area contributed by atoms with Crippen LogP contribution in [0.3, 0.4) is 0 Å². The van der Waals surface area contributed by atoms with E-state index in [0.29, 0.717) is 11.6 Å². The van der Waals surface area contributed by atoms with Crippen molar-refractivity contribution < 1.29 is 4.74 Å². The maximum Gasteiger partial charge on any atom is 0.108 e. The smallest absolute Gasteiger partial charge is 0.108 e. The van der Waals surface area contributed by atoms with Gasteiger partial charge in [0.05, 0.1) is 35.0 Å². The average molecular weight is 306 g/mol. The molecular weight excluding hydrogens is 288 g/mol. The van der Waals surface area contributed by atoms with Crippen LogP contribution in [0.15, 0.2) is 24.4 Å². The number of fused-ring (bicyclic) bond motifs is 3. The minimum Gasteiger partial charge on any atom is -0.378 e. The third-order valence-electron chi connectivity index (χ3n) is 4.64. The zero-order chi connectivity index (χ0) is 16.0. The van der Waals surface area contributed by atoms with E-state index in [4.69, 9.17) is 9.72 Å². The van der Waals surface area contributed by atoms with Gasteiger partial charge >= 0.3 is 0 Å². The molecule has 1 aromatic carbocycles. The predicted octanol–water partition coefficient (Wildman–Crippen LogP) is 3.50. The number of imidazole rings is 1. The second kappa shape index (κ2) is 5.32. The van der Waals surface area contributed by atoms with E-state index in [2.05, 4.69) is 22.5 Å². The third-order valence-corrected chi connectivity index (χ3v) is 4.64. The molecule has 5 heteroatoms. The van der Waals surface area contributed by atoms with E-state index >= 15 is 0 Å². The third kappa shape index (κ3) is 2.27. The van der Waals surface area contributed by atoms with Crippen LogP contribution in [-0.4, -0.2) is 27.2 Å². The maximum absolute atomic E-state index is 9.22. The van der Waals surface area contributed by atoms with Crippen LogP contribution in [-0.2, 0) is 4.74 Å². The summed E-state index contributed by atoms with van der Waals surface area (Å²) in [5.41, 5.74) is 3.53. The van der Waals surface area contributed by atoms with E-state index in [-0.39, 0.29) is 6.10 Å². The molecular formula is C18H18N4O. The van der Waals surface area contributed by atoms with E-state index in [9.17, 15) is 5.26 Å². The first-order valence-corrected chi connectivity index (χ1v) is 7.96. The zero-order valence-corrected chi connectivity index (χ0v) is 13.3. The largest absolute Gasteiger partial charge is 0.378 e. The zero-order valence-electron chi connectivity index (χ0n) is 13.3. The number of hydrogen-bond acceptors (Lipinski definition) is 4. The second-order valence-electron chi connectivity index (χ2n) is 6.22. The van der Waals surface area contributed by atoms with Crippen LogP contribution < -0.4 is 0 Å². The molecule has 2 unspecified atom stereocenters. The highest BCUT2D eigenvalue weighted by Gasteiger charge is 2.25. The predicted molar refractivity (Wildman–Crippen MR) is 88.2 cm³/mol. The number of nitrogens with zero attached hydrogens (tertiary/aromatic N) is 4. The molecule has 1 saturated heterocycles. The van der Waals surface area contributed by atoms with Crippen molar-refractivity contribution in [3.05, 3.63) is 35.8 Å². The molecule has 4 rings (SSSR count). The Kier molecular flexibility index (Phi) is 3.28. The summed E-state index contributed by atoms with van der Waals surface area (Å²) in [4.78, 5) is 9.19. The van der Waals surface area contributed by atoms with Gasteiger partial charge in [0, 0.05) is 18.0 Å². The van der Waals surface area contributed by atoms with Gasteiger partial charge in [0.2, 0.25) is 0 Å². The maximum atomic E-state index is 9.22. The number of benzene rings is 1. The molecule has 1 fully saturated rings. The van der Waals surface area contributed by atoms with Gasteiger partial charge in [0.15, 0.2) is 0 Å². The second-order valence-corrected chi connectivity index (χ2v) is 6.22. The number of aryl methyl sites for hydroxylation is 1. The van der Waals surface area contributed by atoms with Gasteiger partial charge in [0.25, 0.3) is 0 Å². The molecule has 23 heavy (non-hydrogen) atoms. The van der Waals surface area contributed by atoms with Crippen molar-refractivity contribution in [1.29, 1.82) is 5.26 Å². The van der Waals surface area contributed by atoms with Crippen molar-refractivity contribution in [3.8, 4) is 6.07 Å². The van der Waals surface area contributed by atoms with Crippen LogP contribution >= 0.6 is 0 Å². The normalized spacial score (nSPS) is 21.6. The van der Waals surface area contributed by atoms with Gasteiger partial charge in [-0.2, -0.15) is 5.26 Å². The molecule has 0 N–H and O–H groups in total. The number of nitriles is 1. The molecule has 0 amide bonds. The minimum absolute atomic E-state index is 0.258. The van der Waals surface area contributed by atoms with Crippen LogP contribution in [0, 0.1) is 18.3 Å². The van der Waals surface area contributed by atoms with Gasteiger partial charge in [-0.05, 0) is 44.9 Å². The number of aromatic nitrogens is 3. The van der Waals surface area contributed by atoms with E-state index in [1.165, 1.54) is 0 Å². The summed E-state index contributed by atoms with van der Waals surface area (Å²) < 4.78 is 8.01. The summed E-state index contributed by atoms with van der Waals surface area (Å²) in [5.74, 6) is 0.996. The number of ether oxygens (including phenoxy) is 1. The molecule has 0 aliphatic carbocycles. The molecule has 3 heterocycles. The van der Waals surface area contributed by atoms with Gasteiger partial charge in [0.1, 0.15) is 11.3 Å². The molecule has 3 aromatic rings. The standard InChI is InChI=1S/C18H18N4O/c1-11-7-14(5-6-23-11)22-12(2)21-17-10-20-16-4-3-13(9-19)8-15(16)18(17)22/h3-4,8,10-11,14H,5-7H2,1-2H3. The highest BCUT2D eigenvalue weighted by molar-refractivity contribution is 6.02. The fourth-order valence-electron chi connectivity index (χ4n) is 3.62. The molecule has 0 saturated carbocycles. The van der Waals surface area contributed by atoms with Crippen molar-refractivity contribution in [2.24, 2.45) is 0 Å². The van der Waals surface area contributed by atoms with E-state index in [1.807, 2.05) is 31.3 Å². The number of hydrogen-bond donors (Lipinski definition) is 0. The lowest BCUT2D eigenvalue weighted by Gasteiger charge is -2.29. The minimum atomic E-state index is 0.258. The first kappa shape index (κ1) is 14.2. The van der Waals surface area contributed by atoms with Crippen molar-refractivity contribution >= 4 is 21.9 Å². The Morgan fingerprint density at radius 2 is 2.22 bits per heavy atom.